The summed E-state index contributed by atoms with van der Waals surface area (Å²) in [7, 11) is 3.61. The largest absolute Gasteiger partial charge is 0.331 e. The van der Waals surface area contributed by atoms with Crippen molar-refractivity contribution in [1.82, 2.24) is 9.80 Å². The first-order chi connectivity index (χ1) is 11.0. The van der Waals surface area contributed by atoms with E-state index >= 15 is 0 Å². The van der Waals surface area contributed by atoms with Gasteiger partial charge in [0.05, 0.1) is 5.54 Å². The maximum absolute atomic E-state index is 12.1. The van der Waals surface area contributed by atoms with Crippen molar-refractivity contribution in [2.75, 3.05) is 27.2 Å². The highest BCUT2D eigenvalue weighted by Crippen LogP contribution is 2.50. The van der Waals surface area contributed by atoms with Crippen LogP contribution < -0.4 is 0 Å². The van der Waals surface area contributed by atoms with Gasteiger partial charge < -0.3 is 9.80 Å². The lowest BCUT2D eigenvalue weighted by Crippen LogP contribution is -2.39. The van der Waals surface area contributed by atoms with Crippen LogP contribution in [0.15, 0.2) is 4.99 Å². The van der Waals surface area contributed by atoms with Crippen molar-refractivity contribution in [3.63, 3.8) is 0 Å². The van der Waals surface area contributed by atoms with Crippen LogP contribution in [0.5, 0.6) is 0 Å². The third kappa shape index (κ3) is 3.45. The van der Waals surface area contributed by atoms with Crippen LogP contribution in [0.3, 0.4) is 0 Å². The van der Waals surface area contributed by atoms with Crippen molar-refractivity contribution in [3.8, 4) is 0 Å². The molecule has 5 heteroatoms. The van der Waals surface area contributed by atoms with Crippen molar-refractivity contribution >= 4 is 12.1 Å². The highest BCUT2D eigenvalue weighted by molar-refractivity contribution is 5.74. The van der Waals surface area contributed by atoms with Crippen LogP contribution >= 0.6 is 0 Å². The summed E-state index contributed by atoms with van der Waals surface area (Å²) in [6.45, 7) is 1.64. The van der Waals surface area contributed by atoms with Crippen LogP contribution in [0, 0.1) is 17.8 Å². The monoisotopic (exact) mass is 319 g/mol. The first-order valence-corrected chi connectivity index (χ1v) is 9.08. The van der Waals surface area contributed by atoms with E-state index in [0.29, 0.717) is 11.8 Å². The molecule has 3 fully saturated rings. The second-order valence-electron chi connectivity index (χ2n) is 8.15. The van der Waals surface area contributed by atoms with Gasteiger partial charge in [-0.3, -0.25) is 0 Å². The first kappa shape index (κ1) is 16.5. The van der Waals surface area contributed by atoms with Crippen LogP contribution in [0.25, 0.3) is 0 Å². The molecule has 23 heavy (non-hydrogen) atoms. The molecule has 3 aliphatic rings. The summed E-state index contributed by atoms with van der Waals surface area (Å²) in [5, 5.41) is 0. The molecule has 0 aromatic heterocycles. The van der Waals surface area contributed by atoms with Crippen LogP contribution in [-0.2, 0) is 4.79 Å². The lowest BCUT2D eigenvalue weighted by atomic mass is 9.78. The molecule has 3 rings (SSSR count). The molecule has 1 aliphatic heterocycles. The third-order valence-corrected chi connectivity index (χ3v) is 6.19. The van der Waals surface area contributed by atoms with Gasteiger partial charge >= 0.3 is 6.03 Å². The van der Waals surface area contributed by atoms with E-state index in [1.54, 1.807) is 19.0 Å². The molecule has 0 aromatic carbocycles. The number of amides is 2. The van der Waals surface area contributed by atoms with Crippen molar-refractivity contribution in [2.45, 2.75) is 56.9 Å². The number of isocyanates is 1. The van der Waals surface area contributed by atoms with Crippen LogP contribution in [0.2, 0.25) is 0 Å². The Labute approximate surface area is 139 Å². The molecule has 5 nitrogen and oxygen atoms in total. The molecule has 1 heterocycles. The Morgan fingerprint density at radius 3 is 2.30 bits per heavy atom. The number of hydrogen-bond acceptors (Lipinski definition) is 3. The smallest absolute Gasteiger partial charge is 0.319 e. The predicted octanol–water partition coefficient (Wildman–Crippen LogP) is 3.05. The number of nitrogens with zero attached hydrogens (tertiary/aromatic N) is 3. The van der Waals surface area contributed by atoms with E-state index in [9.17, 15) is 9.59 Å². The zero-order valence-corrected chi connectivity index (χ0v) is 14.5. The van der Waals surface area contributed by atoms with E-state index < -0.39 is 0 Å². The lowest BCUT2D eigenvalue weighted by Gasteiger charge is -2.32. The summed E-state index contributed by atoms with van der Waals surface area (Å²) in [5.41, 5.74) is -0.188. The van der Waals surface area contributed by atoms with E-state index in [-0.39, 0.29) is 11.6 Å². The molecule has 0 aromatic rings. The van der Waals surface area contributed by atoms with Crippen molar-refractivity contribution in [1.29, 1.82) is 0 Å². The van der Waals surface area contributed by atoms with E-state index in [1.807, 2.05) is 11.0 Å². The zero-order chi connectivity index (χ0) is 16.4. The van der Waals surface area contributed by atoms with E-state index in [1.165, 1.54) is 32.1 Å². The number of hydrogen-bond donors (Lipinski definition) is 0. The molecule has 2 saturated carbocycles. The summed E-state index contributed by atoms with van der Waals surface area (Å²) in [6, 6.07) is 0.108. The molecular formula is C18H29N3O2. The van der Waals surface area contributed by atoms with E-state index in [2.05, 4.69) is 4.99 Å². The second-order valence-corrected chi connectivity index (χ2v) is 8.15. The summed E-state index contributed by atoms with van der Waals surface area (Å²) in [5.74, 6) is 1.72. The Morgan fingerprint density at radius 1 is 1.17 bits per heavy atom. The highest BCUT2D eigenvalue weighted by atomic mass is 16.2. The fourth-order valence-corrected chi connectivity index (χ4v) is 5.23. The summed E-state index contributed by atoms with van der Waals surface area (Å²) >= 11 is 0. The molecule has 0 N–H and O–H groups in total. The molecule has 0 bridgehead atoms. The Morgan fingerprint density at radius 2 is 1.78 bits per heavy atom. The standard InChI is InChI=1S/C18H29N3O2/c1-20(2)17(23)21-11-15-9-18(19-13-22,10-16(15)12-21)8-14-6-4-3-5-7-14/h14-16H,3-12H2,1-2H3. The van der Waals surface area contributed by atoms with Gasteiger partial charge in [-0.05, 0) is 37.0 Å². The number of aliphatic imine (C=N–C) groups is 1. The lowest BCUT2D eigenvalue weighted by molar-refractivity contribution is 0.173. The number of fused-ring (bicyclic) bond motifs is 1. The van der Waals surface area contributed by atoms with Crippen molar-refractivity contribution in [2.24, 2.45) is 22.7 Å². The Bertz CT molecular complexity index is 478. The predicted molar refractivity (Wildman–Crippen MR) is 88.9 cm³/mol. The Kier molecular flexibility index (Phi) is 4.77. The molecule has 2 unspecified atom stereocenters. The van der Waals surface area contributed by atoms with E-state index in [0.717, 1.165) is 38.3 Å². The second kappa shape index (κ2) is 6.64. The molecule has 0 radical (unpaired) electrons. The molecule has 0 spiro atoms. The maximum Gasteiger partial charge on any atom is 0.319 e. The Balaban J connectivity index is 1.65. The maximum atomic E-state index is 12.1. The summed E-state index contributed by atoms with van der Waals surface area (Å²) in [6.07, 6.45) is 11.4. The number of urea groups is 1. The zero-order valence-electron chi connectivity index (χ0n) is 14.5. The molecule has 1 saturated heterocycles. The SMILES string of the molecule is CN(C)C(=O)N1CC2CC(CC3CCCCC3)(N=C=O)CC2C1. The quantitative estimate of drug-likeness (QED) is 0.593. The van der Waals surface area contributed by atoms with Crippen molar-refractivity contribution in [3.05, 3.63) is 0 Å². The number of carbonyl (C=O) groups excluding carboxylic acids is 2. The number of carbonyl (C=O) groups is 1. The fourth-order valence-electron chi connectivity index (χ4n) is 5.23. The van der Waals surface area contributed by atoms with Gasteiger partial charge in [-0.2, -0.15) is 4.99 Å². The third-order valence-electron chi connectivity index (χ3n) is 6.19. The topological polar surface area (TPSA) is 53.0 Å². The average Bonchev–Trinajstić information content (AvgIpc) is 3.03. The summed E-state index contributed by atoms with van der Waals surface area (Å²) < 4.78 is 0. The number of likely N-dealkylation sites (tertiary alicyclic amines) is 1. The molecular weight excluding hydrogens is 290 g/mol. The van der Waals surface area contributed by atoms with Gasteiger partial charge in [0.15, 0.2) is 0 Å². The van der Waals surface area contributed by atoms with Gasteiger partial charge in [0, 0.05) is 27.2 Å². The minimum Gasteiger partial charge on any atom is -0.331 e. The molecule has 2 aliphatic carbocycles. The molecule has 2 atom stereocenters. The van der Waals surface area contributed by atoms with Gasteiger partial charge in [-0.15, -0.1) is 0 Å². The van der Waals surface area contributed by atoms with Gasteiger partial charge in [-0.1, -0.05) is 32.1 Å². The minimum absolute atomic E-state index is 0.108. The normalized spacial score (nSPS) is 34.1. The average molecular weight is 319 g/mol. The molecule has 2 amide bonds. The van der Waals surface area contributed by atoms with Gasteiger partial charge in [0.1, 0.15) is 0 Å². The molecule has 128 valence electrons. The van der Waals surface area contributed by atoms with E-state index in [4.69, 9.17) is 0 Å². The van der Waals surface area contributed by atoms with Gasteiger partial charge in [0.2, 0.25) is 6.08 Å². The Hall–Kier alpha value is -1.35. The highest BCUT2D eigenvalue weighted by Gasteiger charge is 2.51. The fraction of sp³-hybridized carbons (Fsp3) is 0.889. The van der Waals surface area contributed by atoms with Crippen LogP contribution in [-0.4, -0.2) is 54.6 Å². The van der Waals surface area contributed by atoms with Crippen molar-refractivity contribution < 1.29 is 9.59 Å². The first-order valence-electron chi connectivity index (χ1n) is 9.08. The van der Waals surface area contributed by atoms with Gasteiger partial charge in [-0.25, -0.2) is 9.59 Å². The minimum atomic E-state index is -0.188. The van der Waals surface area contributed by atoms with Crippen LogP contribution in [0.4, 0.5) is 4.79 Å². The van der Waals surface area contributed by atoms with Gasteiger partial charge in [0.25, 0.3) is 0 Å². The van der Waals surface area contributed by atoms with Crippen LogP contribution in [0.1, 0.15) is 51.4 Å². The number of rotatable bonds is 3. The summed E-state index contributed by atoms with van der Waals surface area (Å²) in [4.78, 5) is 31.1.